The van der Waals surface area contributed by atoms with Crippen LogP contribution in [0.15, 0.2) is 48.5 Å². The highest BCUT2D eigenvalue weighted by molar-refractivity contribution is 7.92. The maximum absolute atomic E-state index is 11.5. The van der Waals surface area contributed by atoms with Gasteiger partial charge in [0, 0.05) is 22.9 Å². The van der Waals surface area contributed by atoms with E-state index in [1.54, 1.807) is 19.1 Å². The second-order valence-corrected chi connectivity index (χ2v) is 7.01. The Morgan fingerprint density at radius 3 is 2.10 bits per heavy atom. The van der Waals surface area contributed by atoms with Gasteiger partial charge in [0.1, 0.15) is 0 Å². The van der Waals surface area contributed by atoms with Gasteiger partial charge in [0.05, 0.1) is 5.75 Å². The third-order valence-corrected chi connectivity index (χ3v) is 4.51. The molecule has 112 valence electrons. The highest BCUT2D eigenvalue weighted by Gasteiger charge is 2.06. The average molecular weight is 325 g/mol. The number of benzene rings is 2. The van der Waals surface area contributed by atoms with Gasteiger partial charge in [0.25, 0.3) is 0 Å². The van der Waals surface area contributed by atoms with Crippen LogP contribution in [-0.4, -0.2) is 14.2 Å². The molecule has 0 aliphatic rings. The highest BCUT2D eigenvalue weighted by Crippen LogP contribution is 2.16. The van der Waals surface area contributed by atoms with Crippen LogP contribution in [0.5, 0.6) is 0 Å². The van der Waals surface area contributed by atoms with Gasteiger partial charge >= 0.3 is 0 Å². The molecule has 0 amide bonds. The van der Waals surface area contributed by atoms with Crippen LogP contribution in [0.4, 0.5) is 11.4 Å². The largest absolute Gasteiger partial charge is 0.381 e. The van der Waals surface area contributed by atoms with Gasteiger partial charge in [0.2, 0.25) is 10.0 Å². The Hall–Kier alpha value is -1.72. The summed E-state index contributed by atoms with van der Waals surface area (Å²) in [5.41, 5.74) is 2.61. The minimum absolute atomic E-state index is 0.0591. The summed E-state index contributed by atoms with van der Waals surface area (Å²) in [6.45, 7) is 2.28. The van der Waals surface area contributed by atoms with Gasteiger partial charge in [-0.05, 0) is 48.9 Å². The number of rotatable bonds is 6. The Labute approximate surface area is 130 Å². The van der Waals surface area contributed by atoms with Crippen LogP contribution >= 0.6 is 11.6 Å². The van der Waals surface area contributed by atoms with Gasteiger partial charge in [0.15, 0.2) is 0 Å². The van der Waals surface area contributed by atoms with E-state index in [1.807, 2.05) is 36.4 Å². The van der Waals surface area contributed by atoms with Gasteiger partial charge in [-0.3, -0.25) is 4.72 Å². The molecule has 0 aliphatic carbocycles. The lowest BCUT2D eigenvalue weighted by molar-refractivity contribution is 0.602. The first-order valence-electron chi connectivity index (χ1n) is 6.57. The quantitative estimate of drug-likeness (QED) is 0.851. The molecule has 0 bridgehead atoms. The van der Waals surface area contributed by atoms with Gasteiger partial charge in [-0.25, -0.2) is 8.42 Å². The highest BCUT2D eigenvalue weighted by atomic mass is 35.5. The zero-order valence-electron chi connectivity index (χ0n) is 11.6. The van der Waals surface area contributed by atoms with Crippen molar-refractivity contribution in [2.75, 3.05) is 15.8 Å². The van der Waals surface area contributed by atoms with Crippen LogP contribution in [-0.2, 0) is 16.6 Å². The first-order valence-corrected chi connectivity index (χ1v) is 8.60. The molecule has 0 radical (unpaired) electrons. The summed E-state index contributed by atoms with van der Waals surface area (Å²) in [4.78, 5) is 0. The normalized spacial score (nSPS) is 11.1. The van der Waals surface area contributed by atoms with E-state index < -0.39 is 10.0 Å². The van der Waals surface area contributed by atoms with E-state index in [4.69, 9.17) is 11.6 Å². The lowest BCUT2D eigenvalue weighted by Crippen LogP contribution is -2.14. The van der Waals surface area contributed by atoms with Crippen molar-refractivity contribution in [3.05, 3.63) is 59.1 Å². The van der Waals surface area contributed by atoms with Crippen LogP contribution in [0.25, 0.3) is 0 Å². The molecule has 0 heterocycles. The van der Waals surface area contributed by atoms with Crippen LogP contribution in [0.2, 0.25) is 5.02 Å². The van der Waals surface area contributed by atoms with Gasteiger partial charge in [-0.2, -0.15) is 0 Å². The predicted molar refractivity (Wildman–Crippen MR) is 88.3 cm³/mol. The van der Waals surface area contributed by atoms with Crippen molar-refractivity contribution >= 4 is 33.0 Å². The number of sulfonamides is 1. The summed E-state index contributed by atoms with van der Waals surface area (Å²) >= 11 is 5.83. The first kappa shape index (κ1) is 15.7. The van der Waals surface area contributed by atoms with Crippen LogP contribution in [0, 0.1) is 0 Å². The van der Waals surface area contributed by atoms with Crippen molar-refractivity contribution in [3.8, 4) is 0 Å². The molecule has 0 spiro atoms. The van der Waals surface area contributed by atoms with Crippen molar-refractivity contribution < 1.29 is 8.42 Å². The van der Waals surface area contributed by atoms with Crippen LogP contribution < -0.4 is 10.0 Å². The van der Waals surface area contributed by atoms with E-state index in [1.165, 1.54) is 0 Å². The van der Waals surface area contributed by atoms with Crippen molar-refractivity contribution in [2.45, 2.75) is 13.5 Å². The molecular formula is C15H17ClN2O2S. The second-order valence-electron chi connectivity index (χ2n) is 4.56. The molecule has 21 heavy (non-hydrogen) atoms. The molecule has 0 atom stereocenters. The monoisotopic (exact) mass is 324 g/mol. The number of anilines is 2. The first-order chi connectivity index (χ1) is 9.98. The zero-order valence-corrected chi connectivity index (χ0v) is 13.2. The molecule has 2 aromatic rings. The van der Waals surface area contributed by atoms with Crippen molar-refractivity contribution in [2.24, 2.45) is 0 Å². The fraction of sp³-hybridized carbons (Fsp3) is 0.200. The Morgan fingerprint density at radius 1 is 0.952 bits per heavy atom. The molecule has 6 heteroatoms. The molecular weight excluding hydrogens is 308 g/mol. The Balaban J connectivity index is 1.95. The molecule has 0 saturated carbocycles. The molecule has 2 aromatic carbocycles. The molecule has 0 saturated heterocycles. The molecule has 2 N–H and O–H groups in total. The number of hydrogen-bond acceptors (Lipinski definition) is 3. The fourth-order valence-corrected chi connectivity index (χ4v) is 2.48. The predicted octanol–water partition coefficient (Wildman–Crippen LogP) is 3.71. The standard InChI is InChI=1S/C15H17ClN2O2S/c1-2-21(19,20)18-15-9-7-14(8-10-15)17-11-12-3-5-13(16)6-4-12/h3-10,17-18H,2,11H2,1H3. The van der Waals surface area contributed by atoms with Gasteiger partial charge < -0.3 is 5.32 Å². The molecule has 2 rings (SSSR count). The molecule has 0 unspecified atom stereocenters. The summed E-state index contributed by atoms with van der Waals surface area (Å²) in [5.74, 6) is 0.0591. The zero-order chi connectivity index (χ0) is 15.3. The van der Waals surface area contributed by atoms with Crippen LogP contribution in [0.1, 0.15) is 12.5 Å². The number of nitrogens with one attached hydrogen (secondary N) is 2. The third-order valence-electron chi connectivity index (χ3n) is 2.95. The SMILES string of the molecule is CCS(=O)(=O)Nc1ccc(NCc2ccc(Cl)cc2)cc1. The second kappa shape index (κ2) is 6.83. The van der Waals surface area contributed by atoms with E-state index >= 15 is 0 Å². The van der Waals surface area contributed by atoms with Gasteiger partial charge in [-0.15, -0.1) is 0 Å². The minimum Gasteiger partial charge on any atom is -0.381 e. The van der Waals surface area contributed by atoms with Crippen LogP contribution in [0.3, 0.4) is 0 Å². The Morgan fingerprint density at radius 2 is 1.52 bits per heavy atom. The maximum Gasteiger partial charge on any atom is 0.232 e. The lowest BCUT2D eigenvalue weighted by Gasteiger charge is -2.09. The maximum atomic E-state index is 11.5. The number of hydrogen-bond donors (Lipinski definition) is 2. The Kier molecular flexibility index (Phi) is 5.09. The van der Waals surface area contributed by atoms with Crippen molar-refractivity contribution in [3.63, 3.8) is 0 Å². The van der Waals surface area contributed by atoms with Crippen molar-refractivity contribution in [1.82, 2.24) is 0 Å². The minimum atomic E-state index is -3.23. The van der Waals surface area contributed by atoms with E-state index in [2.05, 4.69) is 10.0 Å². The molecule has 0 aromatic heterocycles. The summed E-state index contributed by atoms with van der Waals surface area (Å²) in [5, 5.41) is 3.98. The third kappa shape index (κ3) is 4.95. The summed E-state index contributed by atoms with van der Waals surface area (Å²) in [7, 11) is -3.23. The summed E-state index contributed by atoms with van der Waals surface area (Å²) in [6, 6.07) is 14.8. The smallest absolute Gasteiger partial charge is 0.232 e. The van der Waals surface area contributed by atoms with E-state index in [0.29, 0.717) is 17.3 Å². The summed E-state index contributed by atoms with van der Waals surface area (Å²) in [6.07, 6.45) is 0. The lowest BCUT2D eigenvalue weighted by atomic mass is 10.2. The van der Waals surface area contributed by atoms with E-state index in [9.17, 15) is 8.42 Å². The molecule has 0 aliphatic heterocycles. The fourth-order valence-electron chi connectivity index (χ4n) is 1.71. The van der Waals surface area contributed by atoms with E-state index in [0.717, 1.165) is 11.3 Å². The topological polar surface area (TPSA) is 58.2 Å². The average Bonchev–Trinajstić information content (AvgIpc) is 2.48. The molecule has 0 fully saturated rings. The molecule has 4 nitrogen and oxygen atoms in total. The van der Waals surface area contributed by atoms with Gasteiger partial charge in [-0.1, -0.05) is 23.7 Å². The Bertz CT molecular complexity index is 683. The van der Waals surface area contributed by atoms with E-state index in [-0.39, 0.29) is 5.75 Å². The number of halogens is 1. The van der Waals surface area contributed by atoms with Crippen molar-refractivity contribution in [1.29, 1.82) is 0 Å². The summed E-state index contributed by atoms with van der Waals surface area (Å²) < 4.78 is 25.4.